The Kier molecular flexibility index (Phi) is 4.41. The summed E-state index contributed by atoms with van der Waals surface area (Å²) in [5.41, 5.74) is 3.53. The number of piperidine rings is 1. The zero-order valence-corrected chi connectivity index (χ0v) is 12.4. The first-order chi connectivity index (χ1) is 9.07. The first-order valence-corrected chi connectivity index (χ1v) is 7.37. The van der Waals surface area contributed by atoms with Crippen LogP contribution >= 0.6 is 0 Å². The summed E-state index contributed by atoms with van der Waals surface area (Å²) in [4.78, 5) is 12.7. The van der Waals surface area contributed by atoms with Crippen molar-refractivity contribution in [2.24, 2.45) is 5.41 Å². The molecule has 104 valence electrons. The highest BCUT2D eigenvalue weighted by Gasteiger charge is 2.37. The van der Waals surface area contributed by atoms with E-state index in [1.165, 1.54) is 16.7 Å². The molecular formula is C17H25NO. The number of aryl methyl sites for hydroxylation is 2. The van der Waals surface area contributed by atoms with E-state index in [1.54, 1.807) is 0 Å². The van der Waals surface area contributed by atoms with Crippen molar-refractivity contribution in [2.75, 3.05) is 13.1 Å². The first-order valence-electron chi connectivity index (χ1n) is 7.37. The summed E-state index contributed by atoms with van der Waals surface area (Å²) in [6.45, 7) is 8.24. The van der Waals surface area contributed by atoms with Crippen molar-refractivity contribution in [3.8, 4) is 0 Å². The second-order valence-corrected chi connectivity index (χ2v) is 5.94. The van der Waals surface area contributed by atoms with Crippen molar-refractivity contribution >= 4 is 5.78 Å². The lowest BCUT2D eigenvalue weighted by molar-refractivity contribution is -0.129. The molecule has 0 aromatic heterocycles. The third-order valence-electron chi connectivity index (χ3n) is 4.60. The standard InChI is InChI=1S/C17H25NO/c1-4-17(8-5-9-18-12-17)16(19)11-15-10-13(2)6-7-14(15)3/h6-7,10,18H,4-5,8-9,11-12H2,1-3H3. The van der Waals surface area contributed by atoms with Gasteiger partial charge in [-0.2, -0.15) is 0 Å². The SMILES string of the molecule is CCC1(C(=O)Cc2cc(C)ccc2C)CCCNC1. The number of nitrogens with one attached hydrogen (secondary N) is 1. The maximum absolute atomic E-state index is 12.7. The third-order valence-corrected chi connectivity index (χ3v) is 4.60. The van der Waals surface area contributed by atoms with E-state index < -0.39 is 0 Å². The fourth-order valence-corrected chi connectivity index (χ4v) is 3.06. The fourth-order valence-electron chi connectivity index (χ4n) is 3.06. The lowest BCUT2D eigenvalue weighted by Gasteiger charge is -2.35. The van der Waals surface area contributed by atoms with Gasteiger partial charge in [-0.15, -0.1) is 0 Å². The van der Waals surface area contributed by atoms with Crippen LogP contribution in [0.15, 0.2) is 18.2 Å². The molecule has 1 aliphatic heterocycles. The van der Waals surface area contributed by atoms with E-state index in [-0.39, 0.29) is 5.41 Å². The van der Waals surface area contributed by atoms with Crippen LogP contribution in [0.1, 0.15) is 42.9 Å². The Morgan fingerprint density at radius 2 is 2.16 bits per heavy atom. The summed E-state index contributed by atoms with van der Waals surface area (Å²) < 4.78 is 0. The zero-order valence-electron chi connectivity index (χ0n) is 12.4. The maximum Gasteiger partial charge on any atom is 0.144 e. The van der Waals surface area contributed by atoms with Crippen LogP contribution in [0.3, 0.4) is 0 Å². The van der Waals surface area contributed by atoms with Crippen LogP contribution in [0.5, 0.6) is 0 Å². The average Bonchev–Trinajstić information content (AvgIpc) is 2.43. The summed E-state index contributed by atoms with van der Waals surface area (Å²) in [5.74, 6) is 0.413. The molecule has 1 N–H and O–H groups in total. The highest BCUT2D eigenvalue weighted by molar-refractivity contribution is 5.87. The molecule has 1 heterocycles. The number of hydrogen-bond acceptors (Lipinski definition) is 2. The molecule has 2 rings (SSSR count). The van der Waals surface area contributed by atoms with Crippen molar-refractivity contribution < 1.29 is 4.79 Å². The normalized spacial score (nSPS) is 23.3. The number of ketones is 1. The minimum atomic E-state index is -0.131. The van der Waals surface area contributed by atoms with Gasteiger partial charge >= 0.3 is 0 Å². The minimum Gasteiger partial charge on any atom is -0.316 e. The smallest absolute Gasteiger partial charge is 0.144 e. The van der Waals surface area contributed by atoms with Crippen LogP contribution in [0.2, 0.25) is 0 Å². The summed E-state index contributed by atoms with van der Waals surface area (Å²) in [6, 6.07) is 6.39. The highest BCUT2D eigenvalue weighted by Crippen LogP contribution is 2.32. The minimum absolute atomic E-state index is 0.131. The van der Waals surface area contributed by atoms with Gasteiger partial charge < -0.3 is 5.32 Å². The predicted octanol–water partition coefficient (Wildman–Crippen LogP) is 3.19. The van der Waals surface area contributed by atoms with Gasteiger partial charge in [0.25, 0.3) is 0 Å². The van der Waals surface area contributed by atoms with E-state index in [9.17, 15) is 4.79 Å². The van der Waals surface area contributed by atoms with E-state index >= 15 is 0 Å². The average molecular weight is 259 g/mol. The molecule has 0 saturated carbocycles. The molecule has 0 bridgehead atoms. The molecule has 1 aromatic carbocycles. The van der Waals surface area contributed by atoms with Gasteiger partial charge in [0, 0.05) is 18.4 Å². The number of carbonyl (C=O) groups excluding carboxylic acids is 1. The van der Waals surface area contributed by atoms with Gasteiger partial charge in [0.2, 0.25) is 0 Å². The van der Waals surface area contributed by atoms with Gasteiger partial charge in [-0.25, -0.2) is 0 Å². The number of Topliss-reactive ketones (excluding diaryl/α,β-unsaturated/α-hetero) is 1. The van der Waals surface area contributed by atoms with E-state index in [0.29, 0.717) is 12.2 Å². The lowest BCUT2D eigenvalue weighted by Crippen LogP contribution is -2.45. The van der Waals surface area contributed by atoms with Crippen molar-refractivity contribution in [3.63, 3.8) is 0 Å². The molecule has 1 atom stereocenters. The molecule has 0 amide bonds. The predicted molar refractivity (Wildman–Crippen MR) is 79.5 cm³/mol. The zero-order chi connectivity index (χ0) is 13.9. The summed E-state index contributed by atoms with van der Waals surface area (Å²) >= 11 is 0. The van der Waals surface area contributed by atoms with Crippen molar-refractivity contribution in [1.82, 2.24) is 5.32 Å². The Hall–Kier alpha value is -1.15. The second kappa shape index (κ2) is 5.87. The third kappa shape index (κ3) is 3.06. The van der Waals surface area contributed by atoms with Gasteiger partial charge in [0.05, 0.1) is 0 Å². The number of carbonyl (C=O) groups is 1. The maximum atomic E-state index is 12.7. The summed E-state index contributed by atoms with van der Waals surface area (Å²) in [6.07, 6.45) is 3.69. The molecule has 0 spiro atoms. The molecule has 2 nitrogen and oxygen atoms in total. The van der Waals surface area contributed by atoms with Crippen molar-refractivity contribution in [2.45, 2.75) is 46.5 Å². The number of benzene rings is 1. The molecule has 1 fully saturated rings. The van der Waals surface area contributed by atoms with Crippen LogP contribution in [0.25, 0.3) is 0 Å². The molecule has 1 aromatic rings. The molecule has 1 unspecified atom stereocenters. The Bertz CT molecular complexity index is 458. The molecular weight excluding hydrogens is 234 g/mol. The Labute approximate surface area is 116 Å². The van der Waals surface area contributed by atoms with Gasteiger partial charge in [-0.3, -0.25) is 4.79 Å². The molecule has 1 aliphatic rings. The van der Waals surface area contributed by atoms with Gasteiger partial charge in [-0.05, 0) is 50.8 Å². The summed E-state index contributed by atoms with van der Waals surface area (Å²) in [5, 5.41) is 3.40. The van der Waals surface area contributed by atoms with Crippen LogP contribution < -0.4 is 5.32 Å². The summed E-state index contributed by atoms with van der Waals surface area (Å²) in [7, 11) is 0. The monoisotopic (exact) mass is 259 g/mol. The molecule has 19 heavy (non-hydrogen) atoms. The van der Waals surface area contributed by atoms with Crippen molar-refractivity contribution in [1.29, 1.82) is 0 Å². The largest absolute Gasteiger partial charge is 0.316 e. The first kappa shape index (κ1) is 14.3. The van der Waals surface area contributed by atoms with Gasteiger partial charge in [-0.1, -0.05) is 30.7 Å². The van der Waals surface area contributed by atoms with Crippen LogP contribution in [-0.4, -0.2) is 18.9 Å². The van der Waals surface area contributed by atoms with Crippen molar-refractivity contribution in [3.05, 3.63) is 34.9 Å². The lowest BCUT2D eigenvalue weighted by atomic mass is 9.73. The van der Waals surface area contributed by atoms with E-state index in [4.69, 9.17) is 0 Å². The Balaban J connectivity index is 2.17. The molecule has 0 radical (unpaired) electrons. The van der Waals surface area contributed by atoms with Gasteiger partial charge in [0.15, 0.2) is 0 Å². The quantitative estimate of drug-likeness (QED) is 0.899. The Morgan fingerprint density at radius 3 is 2.79 bits per heavy atom. The highest BCUT2D eigenvalue weighted by atomic mass is 16.1. The topological polar surface area (TPSA) is 29.1 Å². The van der Waals surface area contributed by atoms with E-state index in [0.717, 1.165) is 32.4 Å². The van der Waals surface area contributed by atoms with E-state index in [1.807, 2.05) is 0 Å². The molecule has 0 aliphatic carbocycles. The van der Waals surface area contributed by atoms with Crippen LogP contribution in [-0.2, 0) is 11.2 Å². The van der Waals surface area contributed by atoms with Crippen LogP contribution in [0.4, 0.5) is 0 Å². The number of rotatable bonds is 4. The number of hydrogen-bond donors (Lipinski definition) is 1. The molecule has 2 heteroatoms. The van der Waals surface area contributed by atoms with Crippen LogP contribution in [0, 0.1) is 19.3 Å². The molecule has 1 saturated heterocycles. The second-order valence-electron chi connectivity index (χ2n) is 5.94. The Morgan fingerprint density at radius 1 is 1.37 bits per heavy atom. The van der Waals surface area contributed by atoms with Gasteiger partial charge in [0.1, 0.15) is 5.78 Å². The van der Waals surface area contributed by atoms with E-state index in [2.05, 4.69) is 44.3 Å². The fraction of sp³-hybridized carbons (Fsp3) is 0.588.